The molecule has 2 aromatic carbocycles. The number of carboxylic acids is 1. The quantitative estimate of drug-likeness (QED) is 0.0651. The van der Waals surface area contributed by atoms with Crippen LogP contribution in [0, 0.1) is 0 Å². The van der Waals surface area contributed by atoms with Crippen molar-refractivity contribution in [1.82, 2.24) is 15.4 Å². The van der Waals surface area contributed by atoms with Gasteiger partial charge in [0.25, 0.3) is 0 Å². The van der Waals surface area contributed by atoms with Crippen LogP contribution in [0.5, 0.6) is 0 Å². The second kappa shape index (κ2) is 19.3. The molecule has 0 aliphatic carbocycles. The summed E-state index contributed by atoms with van der Waals surface area (Å²) in [5.41, 5.74) is 6.74. The van der Waals surface area contributed by atoms with Crippen LogP contribution in [0.4, 0.5) is 9.59 Å². The molecule has 0 spiro atoms. The lowest BCUT2D eigenvalue weighted by molar-refractivity contribution is -0.142. The Balaban J connectivity index is 1.91. The van der Waals surface area contributed by atoms with E-state index in [1.165, 1.54) is 0 Å². The third kappa shape index (κ3) is 14.9. The van der Waals surface area contributed by atoms with Gasteiger partial charge < -0.3 is 30.4 Å². The number of carboxylic acid groups (broad SMARTS) is 1. The molecule has 0 fully saturated rings. The lowest BCUT2D eigenvalue weighted by atomic mass is 10.1. The SMILES string of the molecule is CS(=O)(=O)NC(CCCCN[C@@H](OC(=O)NC(CCCCN)C(=O)O)c1ccccc1)C(=O)OC(=O)OCc1ccccc1. The number of benzene rings is 2. The summed E-state index contributed by atoms with van der Waals surface area (Å²) in [6.45, 7) is 0.548. The number of rotatable bonds is 19. The van der Waals surface area contributed by atoms with Crippen LogP contribution in [0.1, 0.15) is 55.9 Å². The molecule has 1 amide bonds. The van der Waals surface area contributed by atoms with E-state index in [0.717, 1.165) is 6.26 Å². The molecule has 0 aromatic heterocycles. The Morgan fingerprint density at radius 1 is 0.886 bits per heavy atom. The highest BCUT2D eigenvalue weighted by molar-refractivity contribution is 7.88. The van der Waals surface area contributed by atoms with Crippen LogP contribution in [0.2, 0.25) is 0 Å². The first-order valence-corrected chi connectivity index (χ1v) is 16.0. The summed E-state index contributed by atoms with van der Waals surface area (Å²) in [5.74, 6) is -2.30. The molecule has 2 unspecified atom stereocenters. The number of unbranched alkanes of at least 4 members (excludes halogenated alkanes) is 2. The number of sulfonamides is 1. The lowest BCUT2D eigenvalue weighted by Crippen LogP contribution is -2.43. The fraction of sp³-hybridized carbons (Fsp3) is 0.448. The van der Waals surface area contributed by atoms with Crippen molar-refractivity contribution < 1.29 is 46.9 Å². The predicted molar refractivity (Wildman–Crippen MR) is 159 cm³/mol. The molecule has 3 atom stereocenters. The molecule has 0 radical (unpaired) electrons. The maximum Gasteiger partial charge on any atom is 0.516 e. The van der Waals surface area contributed by atoms with Crippen molar-refractivity contribution >= 4 is 34.2 Å². The maximum atomic E-state index is 12.6. The van der Waals surface area contributed by atoms with Crippen LogP contribution >= 0.6 is 0 Å². The van der Waals surface area contributed by atoms with E-state index in [2.05, 4.69) is 15.4 Å². The van der Waals surface area contributed by atoms with E-state index in [9.17, 15) is 32.7 Å². The fourth-order valence-corrected chi connectivity index (χ4v) is 4.71. The number of carbonyl (C=O) groups excluding carboxylic acids is 3. The number of nitrogens with one attached hydrogen (secondary N) is 3. The molecule has 0 bridgehead atoms. The minimum absolute atomic E-state index is 0.0000128. The van der Waals surface area contributed by atoms with Crippen molar-refractivity contribution in [3.8, 4) is 0 Å². The molecule has 2 aromatic rings. The Kier molecular flexibility index (Phi) is 15.8. The van der Waals surface area contributed by atoms with Crippen molar-refractivity contribution in [3.05, 3.63) is 71.8 Å². The van der Waals surface area contributed by atoms with Gasteiger partial charge in [0.05, 0.1) is 6.26 Å². The first kappa shape index (κ1) is 36.1. The minimum atomic E-state index is -3.82. The van der Waals surface area contributed by atoms with E-state index in [-0.39, 0.29) is 26.0 Å². The molecule has 44 heavy (non-hydrogen) atoms. The van der Waals surface area contributed by atoms with Gasteiger partial charge in [0.1, 0.15) is 18.7 Å². The number of nitrogens with two attached hydrogens (primary N) is 1. The molecule has 15 heteroatoms. The highest BCUT2D eigenvalue weighted by atomic mass is 32.2. The standard InChI is InChI=1S/C29H40N4O10S/c1-44(39,40)33-24(27(36)43-29(38)41-20-21-12-4-2-5-13-21)17-9-11-19-31-25(22-14-6-3-7-15-22)42-28(37)32-23(26(34)35)16-8-10-18-30/h2-7,12-15,23-25,31,33H,8-11,16-20,30H2,1H3,(H,32,37)(H,34,35)/t23?,24?,25-/m0/s1. The molecule has 14 nitrogen and oxygen atoms in total. The number of esters is 1. The zero-order chi connectivity index (χ0) is 32.4. The average Bonchev–Trinajstić information content (AvgIpc) is 2.98. The zero-order valence-electron chi connectivity index (χ0n) is 24.5. The molecule has 242 valence electrons. The van der Waals surface area contributed by atoms with Gasteiger partial charge in [-0.05, 0) is 57.2 Å². The molecule has 6 N–H and O–H groups in total. The monoisotopic (exact) mass is 636 g/mol. The summed E-state index contributed by atoms with van der Waals surface area (Å²) < 4.78 is 40.9. The van der Waals surface area contributed by atoms with Gasteiger partial charge in [-0.2, -0.15) is 0 Å². The lowest BCUT2D eigenvalue weighted by Gasteiger charge is -2.22. The van der Waals surface area contributed by atoms with Gasteiger partial charge in [-0.25, -0.2) is 32.3 Å². The van der Waals surface area contributed by atoms with Gasteiger partial charge >= 0.3 is 24.2 Å². The number of hydrogen-bond donors (Lipinski definition) is 5. The summed E-state index contributed by atoms with van der Waals surface area (Å²) in [6.07, 6.45) is -0.190. The molecule has 0 saturated heterocycles. The Labute approximate surface area is 256 Å². The van der Waals surface area contributed by atoms with Crippen molar-refractivity contribution in [2.24, 2.45) is 5.73 Å². The van der Waals surface area contributed by atoms with Gasteiger partial charge in [0.2, 0.25) is 10.0 Å². The van der Waals surface area contributed by atoms with Crippen LogP contribution in [-0.4, -0.2) is 69.1 Å². The first-order valence-electron chi connectivity index (χ1n) is 14.1. The van der Waals surface area contributed by atoms with E-state index in [1.807, 2.05) is 0 Å². The molecule has 0 aliphatic rings. The number of alkyl carbamates (subject to hydrolysis) is 1. The molecule has 2 rings (SSSR count). The Bertz CT molecular complexity index is 1300. The van der Waals surface area contributed by atoms with Gasteiger partial charge in [0, 0.05) is 5.56 Å². The van der Waals surface area contributed by atoms with Crippen molar-refractivity contribution in [2.45, 2.75) is 63.4 Å². The van der Waals surface area contributed by atoms with E-state index in [1.54, 1.807) is 60.7 Å². The molecular formula is C29H40N4O10S. The predicted octanol–water partition coefficient (Wildman–Crippen LogP) is 2.55. The smallest absolute Gasteiger partial charge is 0.480 e. The third-order valence-electron chi connectivity index (χ3n) is 6.14. The number of ether oxygens (including phenoxy) is 3. The van der Waals surface area contributed by atoms with E-state index in [4.69, 9.17) is 19.9 Å². The van der Waals surface area contributed by atoms with Crippen LogP contribution < -0.4 is 21.1 Å². The van der Waals surface area contributed by atoms with E-state index >= 15 is 0 Å². The summed E-state index contributed by atoms with van der Waals surface area (Å²) in [6, 6.07) is 15.0. The van der Waals surface area contributed by atoms with E-state index in [0.29, 0.717) is 43.4 Å². The zero-order valence-corrected chi connectivity index (χ0v) is 25.3. The molecule has 0 heterocycles. The molecule has 0 aliphatic heterocycles. The largest absolute Gasteiger partial charge is 0.516 e. The van der Waals surface area contributed by atoms with Crippen LogP contribution in [0.3, 0.4) is 0 Å². The summed E-state index contributed by atoms with van der Waals surface area (Å²) in [5, 5.41) is 14.9. The normalized spacial score (nSPS) is 13.2. The third-order valence-corrected chi connectivity index (χ3v) is 6.85. The highest BCUT2D eigenvalue weighted by Gasteiger charge is 2.27. The van der Waals surface area contributed by atoms with Gasteiger partial charge in [-0.3, -0.25) is 5.32 Å². The van der Waals surface area contributed by atoms with E-state index < -0.39 is 52.5 Å². The number of carbonyl (C=O) groups is 4. The Morgan fingerprint density at radius 3 is 2.11 bits per heavy atom. The second-order valence-corrected chi connectivity index (χ2v) is 11.6. The number of amides is 1. The Hall–Kier alpha value is -4.05. The number of hydrogen-bond acceptors (Lipinski definition) is 11. The first-order chi connectivity index (χ1) is 21.0. The van der Waals surface area contributed by atoms with Crippen LogP contribution in [0.15, 0.2) is 60.7 Å². The molecular weight excluding hydrogens is 596 g/mol. The summed E-state index contributed by atoms with van der Waals surface area (Å²) in [7, 11) is -3.82. The molecule has 0 saturated carbocycles. The minimum Gasteiger partial charge on any atom is -0.480 e. The topological polar surface area (TPSA) is 212 Å². The van der Waals surface area contributed by atoms with Crippen molar-refractivity contribution in [1.29, 1.82) is 0 Å². The van der Waals surface area contributed by atoms with Crippen molar-refractivity contribution in [3.63, 3.8) is 0 Å². The Morgan fingerprint density at radius 2 is 1.50 bits per heavy atom. The highest BCUT2D eigenvalue weighted by Crippen LogP contribution is 2.16. The average molecular weight is 637 g/mol. The van der Waals surface area contributed by atoms with Crippen LogP contribution in [-0.2, 0) is 40.4 Å². The van der Waals surface area contributed by atoms with Crippen molar-refractivity contribution in [2.75, 3.05) is 19.3 Å². The van der Waals surface area contributed by atoms with Gasteiger partial charge in [-0.15, -0.1) is 0 Å². The maximum absolute atomic E-state index is 12.6. The summed E-state index contributed by atoms with van der Waals surface area (Å²) >= 11 is 0. The van der Waals surface area contributed by atoms with Gasteiger partial charge in [-0.1, -0.05) is 60.7 Å². The fourth-order valence-electron chi connectivity index (χ4n) is 3.98. The van der Waals surface area contributed by atoms with Gasteiger partial charge in [0.15, 0.2) is 6.23 Å². The van der Waals surface area contributed by atoms with Crippen LogP contribution in [0.25, 0.3) is 0 Å². The second-order valence-electron chi connectivity index (χ2n) is 9.85. The number of aliphatic carboxylic acids is 1. The summed E-state index contributed by atoms with van der Waals surface area (Å²) in [4.78, 5) is 48.7.